The number of aromatic amines is 1. The third-order valence-electron chi connectivity index (χ3n) is 12.5. The number of aromatic nitrogens is 2. The van der Waals surface area contributed by atoms with Gasteiger partial charge in [0.05, 0.1) is 11.0 Å². The molecule has 0 aliphatic heterocycles. The highest BCUT2D eigenvalue weighted by Crippen LogP contribution is 2.49. The summed E-state index contributed by atoms with van der Waals surface area (Å²) in [5.41, 5.74) is 14.8. The normalized spacial score (nSPS) is 11.9. The predicted octanol–water partition coefficient (Wildman–Crippen LogP) is 15.6. The van der Waals surface area contributed by atoms with Crippen LogP contribution in [-0.4, -0.2) is 9.55 Å². The van der Waals surface area contributed by atoms with Gasteiger partial charge < -0.3 is 9.55 Å². The minimum absolute atomic E-state index is 0.885. The lowest BCUT2D eigenvalue weighted by Crippen LogP contribution is -1.96. The number of nitrogens with one attached hydrogen (secondary N) is 1. The van der Waals surface area contributed by atoms with E-state index >= 15 is 0 Å². The second-order valence-corrected chi connectivity index (χ2v) is 15.5. The molecule has 12 rings (SSSR count). The van der Waals surface area contributed by atoms with Crippen molar-refractivity contribution in [2.45, 2.75) is 13.5 Å². The van der Waals surface area contributed by atoms with Crippen LogP contribution in [0, 0.1) is 0 Å². The molecule has 2 aromatic heterocycles. The molecule has 0 spiro atoms. The molecule has 0 unspecified atom stereocenters. The van der Waals surface area contributed by atoms with Crippen LogP contribution in [0.15, 0.2) is 194 Å². The molecule has 2 heterocycles. The summed E-state index contributed by atoms with van der Waals surface area (Å²) in [5, 5.41) is 12.5. The standard InChI is InChI=1S/C56H38N2/c1-2-58-52-31-11-9-21-41(52)47-29-15-28-46(56(47)58)39-23-13-25-43-50(39)34-49-38(44-26-14-27-45-40-20-8-10-30-51(40)57-55(44)45)22-12-24-42(49)54(43)48-33-32-35-16-6-7-19-37(35)53(48)36-17-4-3-5-18-36/h3-34,57H,2H2,1H3. The number of fused-ring (bicyclic) bond motifs is 9. The maximum atomic E-state index is 3.82. The van der Waals surface area contributed by atoms with Crippen LogP contribution in [0.25, 0.3) is 120 Å². The lowest BCUT2D eigenvalue weighted by molar-refractivity contribution is 0.828. The fourth-order valence-electron chi connectivity index (χ4n) is 10.1. The van der Waals surface area contributed by atoms with Crippen molar-refractivity contribution < 1.29 is 0 Å². The van der Waals surface area contributed by atoms with Crippen LogP contribution < -0.4 is 0 Å². The molecule has 0 amide bonds. The van der Waals surface area contributed by atoms with E-state index in [1.54, 1.807) is 0 Å². The zero-order valence-corrected chi connectivity index (χ0v) is 32.1. The van der Waals surface area contributed by atoms with Crippen molar-refractivity contribution in [3.8, 4) is 44.5 Å². The van der Waals surface area contributed by atoms with Crippen molar-refractivity contribution in [2.24, 2.45) is 0 Å². The van der Waals surface area contributed by atoms with Gasteiger partial charge in [0.2, 0.25) is 0 Å². The highest BCUT2D eigenvalue weighted by molar-refractivity contribution is 6.24. The Kier molecular flexibility index (Phi) is 7.24. The van der Waals surface area contributed by atoms with Crippen molar-refractivity contribution >= 4 is 75.9 Å². The smallest absolute Gasteiger partial charge is 0.0571 e. The van der Waals surface area contributed by atoms with Gasteiger partial charge in [-0.25, -0.2) is 0 Å². The fourth-order valence-corrected chi connectivity index (χ4v) is 10.1. The van der Waals surface area contributed by atoms with Crippen LogP contribution in [0.4, 0.5) is 0 Å². The van der Waals surface area contributed by atoms with Crippen molar-refractivity contribution in [3.05, 3.63) is 194 Å². The quantitative estimate of drug-likeness (QED) is 0.170. The van der Waals surface area contributed by atoms with Gasteiger partial charge in [0.25, 0.3) is 0 Å². The Hall–Kier alpha value is -7.42. The van der Waals surface area contributed by atoms with Crippen LogP contribution in [0.3, 0.4) is 0 Å². The zero-order valence-electron chi connectivity index (χ0n) is 32.1. The first-order valence-corrected chi connectivity index (χ1v) is 20.3. The molecular formula is C56H38N2. The molecule has 0 radical (unpaired) electrons. The van der Waals surface area contributed by atoms with Crippen molar-refractivity contribution in [3.63, 3.8) is 0 Å². The fraction of sp³-hybridized carbons (Fsp3) is 0.0357. The predicted molar refractivity (Wildman–Crippen MR) is 249 cm³/mol. The van der Waals surface area contributed by atoms with Crippen LogP contribution in [0.1, 0.15) is 6.92 Å². The van der Waals surface area contributed by atoms with Gasteiger partial charge in [-0.2, -0.15) is 0 Å². The van der Waals surface area contributed by atoms with Gasteiger partial charge in [0.1, 0.15) is 0 Å². The highest BCUT2D eigenvalue weighted by Gasteiger charge is 2.22. The molecule has 0 saturated heterocycles. The first kappa shape index (κ1) is 32.8. The Morgan fingerprint density at radius 1 is 0.379 bits per heavy atom. The second-order valence-electron chi connectivity index (χ2n) is 15.5. The molecule has 0 saturated carbocycles. The molecule has 2 nitrogen and oxygen atoms in total. The largest absolute Gasteiger partial charge is 0.354 e. The Morgan fingerprint density at radius 2 is 0.966 bits per heavy atom. The molecule has 272 valence electrons. The average Bonchev–Trinajstić information content (AvgIpc) is 3.84. The van der Waals surface area contributed by atoms with Gasteiger partial charge in [-0.3, -0.25) is 0 Å². The van der Waals surface area contributed by atoms with Crippen LogP contribution in [0.5, 0.6) is 0 Å². The number of nitrogens with zero attached hydrogens (tertiary/aromatic N) is 1. The highest BCUT2D eigenvalue weighted by atomic mass is 15.0. The van der Waals surface area contributed by atoms with Gasteiger partial charge in [-0.15, -0.1) is 0 Å². The topological polar surface area (TPSA) is 20.7 Å². The van der Waals surface area contributed by atoms with Gasteiger partial charge in [0, 0.05) is 50.2 Å². The van der Waals surface area contributed by atoms with E-state index in [0.29, 0.717) is 0 Å². The lowest BCUT2D eigenvalue weighted by atomic mass is 9.82. The summed E-state index contributed by atoms with van der Waals surface area (Å²) in [5.74, 6) is 0. The molecule has 0 aliphatic rings. The summed E-state index contributed by atoms with van der Waals surface area (Å²) < 4.78 is 2.50. The van der Waals surface area contributed by atoms with Gasteiger partial charge in [-0.1, -0.05) is 176 Å². The minimum atomic E-state index is 0.885. The van der Waals surface area contributed by atoms with Crippen molar-refractivity contribution in [1.82, 2.24) is 9.55 Å². The molecular weight excluding hydrogens is 701 g/mol. The lowest BCUT2D eigenvalue weighted by Gasteiger charge is -2.21. The molecule has 0 aliphatic carbocycles. The molecule has 0 atom stereocenters. The number of rotatable bonds is 5. The number of hydrogen-bond acceptors (Lipinski definition) is 0. The third kappa shape index (κ3) is 4.72. The van der Waals surface area contributed by atoms with Crippen LogP contribution >= 0.6 is 0 Å². The molecule has 2 heteroatoms. The summed E-state index contributed by atoms with van der Waals surface area (Å²) in [6.45, 7) is 3.15. The minimum Gasteiger partial charge on any atom is -0.354 e. The average molecular weight is 739 g/mol. The molecule has 0 bridgehead atoms. The summed E-state index contributed by atoms with van der Waals surface area (Å²) in [6, 6.07) is 71.9. The Balaban J connectivity index is 1.26. The number of aryl methyl sites for hydroxylation is 1. The molecule has 58 heavy (non-hydrogen) atoms. The van der Waals surface area contributed by atoms with Crippen LogP contribution in [0.2, 0.25) is 0 Å². The monoisotopic (exact) mass is 738 g/mol. The van der Waals surface area contributed by atoms with Gasteiger partial charge >= 0.3 is 0 Å². The molecule has 1 N–H and O–H groups in total. The molecule has 12 aromatic rings. The maximum Gasteiger partial charge on any atom is 0.0571 e. The van der Waals surface area contributed by atoms with Gasteiger partial charge in [-0.05, 0) is 90.8 Å². The first-order valence-electron chi connectivity index (χ1n) is 20.3. The van der Waals surface area contributed by atoms with E-state index in [4.69, 9.17) is 0 Å². The number of benzene rings is 10. The molecule has 0 fully saturated rings. The van der Waals surface area contributed by atoms with Crippen LogP contribution in [-0.2, 0) is 6.54 Å². The van der Waals surface area contributed by atoms with Gasteiger partial charge in [0.15, 0.2) is 0 Å². The number of H-pyrrole nitrogens is 1. The summed E-state index contributed by atoms with van der Waals surface area (Å²) in [6.07, 6.45) is 0. The number of para-hydroxylation sites is 4. The van der Waals surface area contributed by atoms with E-state index in [1.165, 1.54) is 115 Å². The SMILES string of the molecule is CCn1c2ccccc2c2cccc(-c3cccc4c(-c5ccc6ccccc6c5-c5ccccc5)c5cccc(-c6cccc7c6[nH]c6ccccc67)c5cc34)c21. The molecule has 10 aromatic carbocycles. The van der Waals surface area contributed by atoms with E-state index < -0.39 is 0 Å². The van der Waals surface area contributed by atoms with E-state index in [2.05, 4.69) is 211 Å². The van der Waals surface area contributed by atoms with Crippen molar-refractivity contribution in [2.75, 3.05) is 0 Å². The third-order valence-corrected chi connectivity index (χ3v) is 12.5. The summed E-state index contributed by atoms with van der Waals surface area (Å²) >= 11 is 0. The second kappa shape index (κ2) is 12.8. The van der Waals surface area contributed by atoms with E-state index in [-0.39, 0.29) is 0 Å². The maximum absolute atomic E-state index is 3.82. The van der Waals surface area contributed by atoms with Crippen molar-refractivity contribution in [1.29, 1.82) is 0 Å². The summed E-state index contributed by atoms with van der Waals surface area (Å²) in [4.78, 5) is 3.82. The Labute approximate surface area is 336 Å². The first-order chi connectivity index (χ1) is 28.8. The van der Waals surface area contributed by atoms with E-state index in [9.17, 15) is 0 Å². The summed E-state index contributed by atoms with van der Waals surface area (Å²) in [7, 11) is 0. The Bertz CT molecular complexity index is 3600. The zero-order chi connectivity index (χ0) is 38.3. The Morgan fingerprint density at radius 3 is 1.74 bits per heavy atom. The number of hydrogen-bond donors (Lipinski definition) is 1. The van der Waals surface area contributed by atoms with E-state index in [0.717, 1.165) is 12.1 Å². The van der Waals surface area contributed by atoms with E-state index in [1.807, 2.05) is 0 Å².